The standard InChI is InChI=1S/C20H36N4O4/c1-2-21-8-5-17(6-9-21)14-24-16-18(28-20(24)27)15-23-12-10-22(11-13-23)7-3-4-19(25)26/h17-18H,2-16H2,1H3,(H,25,26). The van der Waals surface area contributed by atoms with Crippen LogP contribution in [0.2, 0.25) is 0 Å². The lowest BCUT2D eigenvalue weighted by atomic mass is 9.96. The number of carbonyl (C=O) groups excluding carboxylic acids is 1. The number of cyclic esters (lactones) is 1. The Kier molecular flexibility index (Phi) is 7.93. The van der Waals surface area contributed by atoms with E-state index in [1.807, 2.05) is 4.90 Å². The lowest BCUT2D eigenvalue weighted by Crippen LogP contribution is -2.49. The molecule has 0 saturated carbocycles. The van der Waals surface area contributed by atoms with Gasteiger partial charge in [-0.15, -0.1) is 0 Å². The normalized spacial score (nSPS) is 26.0. The highest BCUT2D eigenvalue weighted by atomic mass is 16.6. The van der Waals surface area contributed by atoms with Crippen molar-refractivity contribution in [2.45, 2.75) is 38.7 Å². The number of carbonyl (C=O) groups is 2. The molecule has 3 fully saturated rings. The smallest absolute Gasteiger partial charge is 0.410 e. The second-order valence-corrected chi connectivity index (χ2v) is 8.43. The molecule has 0 radical (unpaired) electrons. The van der Waals surface area contributed by atoms with E-state index in [4.69, 9.17) is 9.84 Å². The Hall–Kier alpha value is -1.38. The van der Waals surface area contributed by atoms with Gasteiger partial charge in [-0.1, -0.05) is 6.92 Å². The molecule has 0 aromatic carbocycles. The van der Waals surface area contributed by atoms with Crippen molar-refractivity contribution < 1.29 is 19.4 Å². The first-order valence-electron chi connectivity index (χ1n) is 10.9. The molecular weight excluding hydrogens is 360 g/mol. The number of piperazine rings is 1. The van der Waals surface area contributed by atoms with E-state index in [1.165, 1.54) is 12.8 Å². The molecule has 1 amide bonds. The summed E-state index contributed by atoms with van der Waals surface area (Å²) in [4.78, 5) is 32.0. The van der Waals surface area contributed by atoms with Crippen molar-refractivity contribution in [3.63, 3.8) is 0 Å². The highest BCUT2D eigenvalue weighted by Gasteiger charge is 2.34. The summed E-state index contributed by atoms with van der Waals surface area (Å²) in [6, 6.07) is 0. The SMILES string of the molecule is CCN1CCC(CN2CC(CN3CCN(CCCC(=O)O)CC3)OC2=O)CC1. The summed E-state index contributed by atoms with van der Waals surface area (Å²) < 4.78 is 5.63. The maximum absolute atomic E-state index is 12.3. The molecule has 160 valence electrons. The predicted octanol–water partition coefficient (Wildman–Crippen LogP) is 1.02. The first kappa shape index (κ1) is 21.3. The van der Waals surface area contributed by atoms with E-state index in [1.54, 1.807) is 0 Å². The van der Waals surface area contributed by atoms with Crippen LogP contribution in [0.3, 0.4) is 0 Å². The van der Waals surface area contributed by atoms with E-state index in [9.17, 15) is 9.59 Å². The van der Waals surface area contributed by atoms with Gasteiger partial charge in [-0.25, -0.2) is 4.79 Å². The maximum Gasteiger partial charge on any atom is 0.410 e. The van der Waals surface area contributed by atoms with Gasteiger partial charge >= 0.3 is 12.1 Å². The van der Waals surface area contributed by atoms with Gasteiger partial charge in [-0.05, 0) is 51.4 Å². The number of carboxylic acid groups (broad SMARTS) is 1. The molecule has 1 N–H and O–H groups in total. The van der Waals surface area contributed by atoms with Crippen molar-refractivity contribution in [1.29, 1.82) is 0 Å². The Morgan fingerprint density at radius 1 is 1.04 bits per heavy atom. The summed E-state index contributed by atoms with van der Waals surface area (Å²) in [6.45, 7) is 12.6. The zero-order chi connectivity index (χ0) is 19.9. The van der Waals surface area contributed by atoms with Crippen LogP contribution in [0.15, 0.2) is 0 Å². The Morgan fingerprint density at radius 3 is 2.36 bits per heavy atom. The highest BCUT2D eigenvalue weighted by Crippen LogP contribution is 2.22. The van der Waals surface area contributed by atoms with E-state index in [0.717, 1.165) is 65.4 Å². The van der Waals surface area contributed by atoms with Gasteiger partial charge in [0.15, 0.2) is 0 Å². The number of aliphatic carboxylic acids is 1. The molecule has 3 aliphatic rings. The van der Waals surface area contributed by atoms with Crippen LogP contribution >= 0.6 is 0 Å². The number of likely N-dealkylation sites (tertiary alicyclic amines) is 1. The third kappa shape index (κ3) is 6.32. The van der Waals surface area contributed by atoms with Gasteiger partial charge < -0.3 is 24.5 Å². The Labute approximate surface area is 168 Å². The summed E-state index contributed by atoms with van der Waals surface area (Å²) in [5, 5.41) is 8.74. The molecular formula is C20H36N4O4. The fraction of sp³-hybridized carbons (Fsp3) is 0.900. The minimum absolute atomic E-state index is 0.0261. The lowest BCUT2D eigenvalue weighted by molar-refractivity contribution is -0.137. The largest absolute Gasteiger partial charge is 0.481 e. The van der Waals surface area contributed by atoms with E-state index in [-0.39, 0.29) is 18.6 Å². The Bertz CT molecular complexity index is 516. The first-order valence-corrected chi connectivity index (χ1v) is 10.9. The minimum Gasteiger partial charge on any atom is -0.481 e. The number of carboxylic acids is 1. The van der Waals surface area contributed by atoms with Gasteiger partial charge in [-0.2, -0.15) is 0 Å². The van der Waals surface area contributed by atoms with Crippen LogP contribution in [0.25, 0.3) is 0 Å². The number of amides is 1. The van der Waals surface area contributed by atoms with Gasteiger partial charge in [0.2, 0.25) is 0 Å². The maximum atomic E-state index is 12.3. The third-order valence-corrected chi connectivity index (χ3v) is 6.37. The molecule has 28 heavy (non-hydrogen) atoms. The molecule has 3 saturated heterocycles. The average molecular weight is 397 g/mol. The summed E-state index contributed by atoms with van der Waals surface area (Å²) in [5.41, 5.74) is 0. The van der Waals surface area contributed by atoms with E-state index >= 15 is 0 Å². The molecule has 0 aliphatic carbocycles. The second-order valence-electron chi connectivity index (χ2n) is 8.43. The van der Waals surface area contributed by atoms with E-state index in [0.29, 0.717) is 18.9 Å². The van der Waals surface area contributed by atoms with Crippen molar-refractivity contribution in [2.24, 2.45) is 5.92 Å². The van der Waals surface area contributed by atoms with Gasteiger partial charge in [0.25, 0.3) is 0 Å². The van der Waals surface area contributed by atoms with Crippen molar-refractivity contribution in [1.82, 2.24) is 19.6 Å². The molecule has 0 aromatic heterocycles. The van der Waals surface area contributed by atoms with Crippen molar-refractivity contribution in [3.05, 3.63) is 0 Å². The van der Waals surface area contributed by atoms with E-state index in [2.05, 4.69) is 21.6 Å². The van der Waals surface area contributed by atoms with Crippen molar-refractivity contribution in [3.8, 4) is 0 Å². The molecule has 8 nitrogen and oxygen atoms in total. The van der Waals surface area contributed by atoms with Gasteiger partial charge in [0, 0.05) is 45.7 Å². The van der Waals surface area contributed by atoms with Gasteiger partial charge in [0.05, 0.1) is 6.54 Å². The second kappa shape index (κ2) is 10.4. The number of nitrogens with zero attached hydrogens (tertiary/aromatic N) is 4. The van der Waals surface area contributed by atoms with E-state index < -0.39 is 5.97 Å². The molecule has 3 rings (SSSR count). The van der Waals surface area contributed by atoms with Crippen LogP contribution in [0.4, 0.5) is 4.79 Å². The molecule has 0 aromatic rings. The number of ether oxygens (including phenoxy) is 1. The molecule has 1 atom stereocenters. The van der Waals surface area contributed by atoms with Crippen LogP contribution in [0, 0.1) is 5.92 Å². The van der Waals surface area contributed by atoms with Crippen LogP contribution < -0.4 is 0 Å². The van der Waals surface area contributed by atoms with Gasteiger partial charge in [0.1, 0.15) is 6.10 Å². The zero-order valence-corrected chi connectivity index (χ0v) is 17.2. The highest BCUT2D eigenvalue weighted by molar-refractivity contribution is 5.70. The predicted molar refractivity (Wildman–Crippen MR) is 106 cm³/mol. The number of piperidine rings is 1. The molecule has 0 bridgehead atoms. The van der Waals surface area contributed by atoms with Crippen LogP contribution in [0.5, 0.6) is 0 Å². The number of hydrogen-bond donors (Lipinski definition) is 1. The zero-order valence-electron chi connectivity index (χ0n) is 17.2. The quantitative estimate of drug-likeness (QED) is 0.624. The Morgan fingerprint density at radius 2 is 1.71 bits per heavy atom. The monoisotopic (exact) mass is 396 g/mol. The van der Waals surface area contributed by atoms with Crippen molar-refractivity contribution in [2.75, 3.05) is 72.0 Å². The van der Waals surface area contributed by atoms with Crippen molar-refractivity contribution >= 4 is 12.1 Å². The lowest BCUT2D eigenvalue weighted by Gasteiger charge is -2.35. The topological polar surface area (TPSA) is 76.6 Å². The fourth-order valence-corrected chi connectivity index (χ4v) is 4.55. The average Bonchev–Trinajstić information content (AvgIpc) is 3.02. The molecule has 0 spiro atoms. The summed E-state index contributed by atoms with van der Waals surface area (Å²) in [5.74, 6) is -0.120. The fourth-order valence-electron chi connectivity index (χ4n) is 4.55. The Balaban J connectivity index is 1.33. The first-order chi connectivity index (χ1) is 13.5. The minimum atomic E-state index is -0.720. The van der Waals surface area contributed by atoms with Crippen LogP contribution in [-0.4, -0.2) is 115 Å². The van der Waals surface area contributed by atoms with Crippen LogP contribution in [0.1, 0.15) is 32.6 Å². The molecule has 1 unspecified atom stereocenters. The molecule has 8 heteroatoms. The summed E-state index contributed by atoms with van der Waals surface area (Å²) in [6.07, 6.45) is 3.13. The molecule has 3 heterocycles. The summed E-state index contributed by atoms with van der Waals surface area (Å²) >= 11 is 0. The third-order valence-electron chi connectivity index (χ3n) is 6.37. The number of rotatable bonds is 9. The van der Waals surface area contributed by atoms with Crippen LogP contribution in [-0.2, 0) is 9.53 Å². The summed E-state index contributed by atoms with van der Waals surface area (Å²) in [7, 11) is 0. The number of hydrogen-bond acceptors (Lipinski definition) is 6. The molecule has 3 aliphatic heterocycles. The van der Waals surface area contributed by atoms with Gasteiger partial charge in [-0.3, -0.25) is 9.69 Å².